The molecule has 0 aliphatic heterocycles. The molecule has 0 spiro atoms. The molecule has 0 unspecified atom stereocenters. The first kappa shape index (κ1) is 15.6. The van der Waals surface area contributed by atoms with Crippen LogP contribution in [0.4, 0.5) is 0 Å². The molecule has 0 fully saturated rings. The van der Waals surface area contributed by atoms with Gasteiger partial charge in [0.05, 0.1) is 6.61 Å². The summed E-state index contributed by atoms with van der Waals surface area (Å²) < 4.78 is 10.1. The van der Waals surface area contributed by atoms with Crippen LogP contribution in [0.15, 0.2) is 0 Å². The van der Waals surface area contributed by atoms with Gasteiger partial charge >= 0.3 is 0 Å². The van der Waals surface area contributed by atoms with Gasteiger partial charge in [-0.05, 0) is 25.1 Å². The van der Waals surface area contributed by atoms with Crippen LogP contribution in [-0.4, -0.2) is 57.1 Å². The quantitative estimate of drug-likeness (QED) is 0.491. The lowest BCUT2D eigenvalue weighted by Gasteiger charge is -2.25. The van der Waals surface area contributed by atoms with Gasteiger partial charge in [-0.1, -0.05) is 6.92 Å². The third kappa shape index (κ3) is 7.84. The second-order valence-electron chi connectivity index (χ2n) is 3.56. The van der Waals surface area contributed by atoms with E-state index >= 15 is 0 Å². The lowest BCUT2D eigenvalue weighted by Crippen LogP contribution is -2.42. The van der Waals surface area contributed by atoms with E-state index in [-0.39, 0.29) is 0 Å². The Kier molecular flexibility index (Phi) is 10.8. The molecule has 0 aromatic carbocycles. The number of ether oxygens (including phenoxy) is 2. The van der Waals surface area contributed by atoms with Crippen LogP contribution in [0.25, 0.3) is 0 Å². The second-order valence-corrected chi connectivity index (χ2v) is 3.94. The largest absolute Gasteiger partial charge is 0.385 e. The number of thiocarbonyl (C=S) groups is 1. The van der Waals surface area contributed by atoms with Gasteiger partial charge in [0.2, 0.25) is 0 Å². The molecule has 0 rings (SSSR count). The van der Waals surface area contributed by atoms with Crippen molar-refractivity contribution >= 4 is 17.3 Å². The van der Waals surface area contributed by atoms with E-state index in [0.29, 0.717) is 6.61 Å². The van der Waals surface area contributed by atoms with Gasteiger partial charge in [-0.15, -0.1) is 0 Å². The van der Waals surface area contributed by atoms with Crippen molar-refractivity contribution in [2.24, 2.45) is 0 Å². The van der Waals surface area contributed by atoms with Crippen LogP contribution in [-0.2, 0) is 9.47 Å². The van der Waals surface area contributed by atoms with Crippen LogP contribution < -0.4 is 5.32 Å². The van der Waals surface area contributed by atoms with E-state index in [9.17, 15) is 0 Å². The number of hydrogen-bond donors (Lipinski definition) is 1. The van der Waals surface area contributed by atoms with Crippen molar-refractivity contribution in [1.29, 1.82) is 0 Å². The van der Waals surface area contributed by atoms with Gasteiger partial charge in [-0.25, -0.2) is 0 Å². The Morgan fingerprint density at radius 3 is 2.44 bits per heavy atom. The Morgan fingerprint density at radius 2 is 1.88 bits per heavy atom. The summed E-state index contributed by atoms with van der Waals surface area (Å²) >= 11 is 5.32. The second kappa shape index (κ2) is 11.1. The van der Waals surface area contributed by atoms with Crippen molar-refractivity contribution in [3.05, 3.63) is 0 Å². The molecule has 0 saturated carbocycles. The minimum Gasteiger partial charge on any atom is -0.385 e. The maximum absolute atomic E-state index is 5.32. The minimum absolute atomic E-state index is 0.695. The van der Waals surface area contributed by atoms with E-state index in [4.69, 9.17) is 21.7 Å². The standard InChI is InChI=1S/C11H24N2O2S/c1-4-6-12-11(16)13(8-10-15-3)7-5-9-14-2/h4-10H2,1-3H3,(H,12,16). The Labute approximate surface area is 104 Å². The molecule has 0 aromatic rings. The van der Waals surface area contributed by atoms with E-state index < -0.39 is 0 Å². The van der Waals surface area contributed by atoms with Crippen LogP contribution in [0.3, 0.4) is 0 Å². The Morgan fingerprint density at radius 1 is 1.19 bits per heavy atom. The van der Waals surface area contributed by atoms with Crippen molar-refractivity contribution in [2.45, 2.75) is 19.8 Å². The molecule has 4 nitrogen and oxygen atoms in total. The molecule has 96 valence electrons. The SMILES string of the molecule is CCCNC(=S)N(CCCOC)CCOC. The van der Waals surface area contributed by atoms with E-state index in [1.54, 1.807) is 14.2 Å². The molecule has 0 radical (unpaired) electrons. The molecule has 0 aliphatic carbocycles. The normalized spacial score (nSPS) is 10.2. The molecule has 0 bridgehead atoms. The Balaban J connectivity index is 3.91. The molecule has 0 aromatic heterocycles. The zero-order valence-electron chi connectivity index (χ0n) is 10.6. The third-order valence-electron chi connectivity index (χ3n) is 2.16. The fourth-order valence-corrected chi connectivity index (χ4v) is 1.54. The molecule has 16 heavy (non-hydrogen) atoms. The summed E-state index contributed by atoms with van der Waals surface area (Å²) in [5, 5.41) is 4.04. The molecule has 0 heterocycles. The first-order valence-electron chi connectivity index (χ1n) is 5.76. The topological polar surface area (TPSA) is 33.7 Å². The molecule has 0 saturated heterocycles. The van der Waals surface area contributed by atoms with Crippen molar-refractivity contribution in [1.82, 2.24) is 10.2 Å². The molecule has 0 amide bonds. The van der Waals surface area contributed by atoms with Gasteiger partial charge in [-0.3, -0.25) is 0 Å². The van der Waals surface area contributed by atoms with Crippen LogP contribution in [0.1, 0.15) is 19.8 Å². The van der Waals surface area contributed by atoms with Crippen LogP contribution in [0.5, 0.6) is 0 Å². The monoisotopic (exact) mass is 248 g/mol. The average Bonchev–Trinajstić information content (AvgIpc) is 2.30. The number of nitrogens with one attached hydrogen (secondary N) is 1. The van der Waals surface area contributed by atoms with Crippen LogP contribution in [0.2, 0.25) is 0 Å². The molecule has 0 aliphatic rings. The van der Waals surface area contributed by atoms with E-state index in [1.165, 1.54) is 0 Å². The van der Waals surface area contributed by atoms with E-state index in [2.05, 4.69) is 17.1 Å². The fraction of sp³-hybridized carbons (Fsp3) is 0.909. The highest BCUT2D eigenvalue weighted by molar-refractivity contribution is 7.80. The number of methoxy groups -OCH3 is 2. The summed E-state index contributed by atoms with van der Waals surface area (Å²) in [4.78, 5) is 2.13. The van der Waals surface area contributed by atoms with Gasteiger partial charge in [-0.2, -0.15) is 0 Å². The summed E-state index contributed by atoms with van der Waals surface area (Å²) in [7, 11) is 3.42. The summed E-state index contributed by atoms with van der Waals surface area (Å²) in [6, 6.07) is 0. The minimum atomic E-state index is 0.695. The third-order valence-corrected chi connectivity index (χ3v) is 2.56. The molecule has 0 atom stereocenters. The summed E-state index contributed by atoms with van der Waals surface area (Å²) in [5.41, 5.74) is 0. The lowest BCUT2D eigenvalue weighted by atomic mass is 10.4. The molecular weight excluding hydrogens is 224 g/mol. The van der Waals surface area contributed by atoms with Gasteiger partial charge in [0, 0.05) is 40.5 Å². The average molecular weight is 248 g/mol. The lowest BCUT2D eigenvalue weighted by molar-refractivity contribution is 0.160. The number of hydrogen-bond acceptors (Lipinski definition) is 3. The van der Waals surface area contributed by atoms with E-state index in [1.807, 2.05) is 0 Å². The Hall–Kier alpha value is -0.390. The van der Waals surface area contributed by atoms with Crippen molar-refractivity contribution in [3.63, 3.8) is 0 Å². The number of nitrogens with zero attached hydrogens (tertiary/aromatic N) is 1. The van der Waals surface area contributed by atoms with Gasteiger partial charge in [0.1, 0.15) is 0 Å². The van der Waals surface area contributed by atoms with Crippen molar-refractivity contribution in [3.8, 4) is 0 Å². The maximum Gasteiger partial charge on any atom is 0.169 e. The van der Waals surface area contributed by atoms with Gasteiger partial charge in [0.15, 0.2) is 5.11 Å². The van der Waals surface area contributed by atoms with Crippen molar-refractivity contribution < 1.29 is 9.47 Å². The summed E-state index contributed by atoms with van der Waals surface area (Å²) in [6.45, 7) is 6.25. The highest BCUT2D eigenvalue weighted by Crippen LogP contribution is 1.94. The highest BCUT2D eigenvalue weighted by atomic mass is 32.1. The zero-order valence-corrected chi connectivity index (χ0v) is 11.4. The van der Waals surface area contributed by atoms with Crippen molar-refractivity contribution in [2.75, 3.05) is 47.1 Å². The van der Waals surface area contributed by atoms with Crippen LogP contribution >= 0.6 is 12.2 Å². The molecule has 5 heteroatoms. The smallest absolute Gasteiger partial charge is 0.169 e. The van der Waals surface area contributed by atoms with Crippen LogP contribution in [0, 0.1) is 0 Å². The van der Waals surface area contributed by atoms with E-state index in [0.717, 1.165) is 44.2 Å². The highest BCUT2D eigenvalue weighted by Gasteiger charge is 2.07. The predicted molar refractivity (Wildman–Crippen MR) is 70.8 cm³/mol. The maximum atomic E-state index is 5.32. The van der Waals surface area contributed by atoms with Gasteiger partial charge < -0.3 is 19.7 Å². The molecule has 1 N–H and O–H groups in total. The summed E-state index contributed by atoms with van der Waals surface area (Å²) in [6.07, 6.45) is 2.06. The first-order valence-corrected chi connectivity index (χ1v) is 6.17. The first-order chi connectivity index (χ1) is 7.76. The number of rotatable bonds is 9. The van der Waals surface area contributed by atoms with Gasteiger partial charge in [0.25, 0.3) is 0 Å². The zero-order chi connectivity index (χ0) is 12.2. The Bertz CT molecular complexity index is 179. The fourth-order valence-electron chi connectivity index (χ4n) is 1.26. The predicted octanol–water partition coefficient (Wildman–Crippen LogP) is 1.26. The summed E-state index contributed by atoms with van der Waals surface area (Å²) in [5.74, 6) is 0. The molecular formula is C11H24N2O2S.